The molecule has 13 heteroatoms. The molecule has 0 aliphatic rings. The number of fused-ring (bicyclic) bond motifs is 2. The third-order valence-electron chi connectivity index (χ3n) is 13.6. The zero-order valence-electron chi connectivity index (χ0n) is 43.3. The van der Waals surface area contributed by atoms with Gasteiger partial charge in [-0.15, -0.1) is 0 Å². The second-order valence-corrected chi connectivity index (χ2v) is 19.4. The molecule has 3 aromatic heterocycles. The predicted octanol–water partition coefficient (Wildman–Crippen LogP) is 10.1. The van der Waals surface area contributed by atoms with Crippen LogP contribution in [0.15, 0.2) is 154 Å². The minimum Gasteiger partial charge on any atom is -0.459 e. The van der Waals surface area contributed by atoms with Gasteiger partial charge in [-0.3, -0.25) is 28.3 Å². The van der Waals surface area contributed by atoms with Crippen LogP contribution in [-0.4, -0.2) is 105 Å². The highest BCUT2D eigenvalue weighted by Gasteiger charge is 2.32. The van der Waals surface area contributed by atoms with Gasteiger partial charge in [0.25, 0.3) is 22.9 Å². The van der Waals surface area contributed by atoms with Gasteiger partial charge in [0.1, 0.15) is 11.6 Å². The molecular weight excluding hydrogens is 913 g/mol. The van der Waals surface area contributed by atoms with Gasteiger partial charge in [-0.25, -0.2) is 9.97 Å². The Morgan fingerprint density at radius 1 is 0.548 bits per heavy atom. The van der Waals surface area contributed by atoms with Crippen LogP contribution in [0.3, 0.4) is 0 Å². The number of carbonyl (C=O) groups is 2. The van der Waals surface area contributed by atoms with E-state index in [1.54, 1.807) is 38.5 Å². The van der Waals surface area contributed by atoms with E-state index in [4.69, 9.17) is 14.4 Å². The molecule has 0 spiro atoms. The fourth-order valence-corrected chi connectivity index (χ4v) is 9.58. The average molecular weight is 981 g/mol. The topological polar surface area (TPSA) is 130 Å². The Kier molecular flexibility index (Phi) is 16.9. The Morgan fingerprint density at radius 3 is 1.62 bits per heavy atom. The van der Waals surface area contributed by atoms with Crippen LogP contribution >= 0.6 is 0 Å². The van der Waals surface area contributed by atoms with Crippen LogP contribution in [0.2, 0.25) is 0 Å². The maximum absolute atomic E-state index is 14.9. The third-order valence-corrected chi connectivity index (χ3v) is 13.6. The summed E-state index contributed by atoms with van der Waals surface area (Å²) < 4.78 is 9.58. The van der Waals surface area contributed by atoms with Crippen molar-refractivity contribution in [3.8, 4) is 11.1 Å². The highest BCUT2D eigenvalue weighted by molar-refractivity contribution is 5.95. The van der Waals surface area contributed by atoms with E-state index in [1.807, 2.05) is 167 Å². The molecule has 13 nitrogen and oxygen atoms in total. The quantitative estimate of drug-likeness (QED) is 0.0652. The number of carbonyl (C=O) groups excluding carboxylic acids is 2. The second-order valence-electron chi connectivity index (χ2n) is 19.4. The smallest absolute Gasteiger partial charge is 0.290 e. The van der Waals surface area contributed by atoms with Crippen LogP contribution in [0, 0.1) is 0 Å². The largest absolute Gasteiger partial charge is 0.459 e. The van der Waals surface area contributed by atoms with Crippen LogP contribution in [-0.2, 0) is 19.5 Å². The Hall–Kier alpha value is -7.48. The highest BCUT2D eigenvalue weighted by Crippen LogP contribution is 2.31. The molecule has 2 unspecified atom stereocenters. The molecule has 0 N–H and O–H groups in total. The molecule has 378 valence electrons. The number of furan rings is 1. The lowest BCUT2D eigenvalue weighted by Gasteiger charge is -2.33. The molecule has 2 amide bonds. The fourth-order valence-electron chi connectivity index (χ4n) is 9.58. The molecule has 0 saturated heterocycles. The monoisotopic (exact) mass is 981 g/mol. The summed E-state index contributed by atoms with van der Waals surface area (Å²) in [4.78, 5) is 76.6. The van der Waals surface area contributed by atoms with Crippen molar-refractivity contribution in [1.29, 1.82) is 0 Å². The van der Waals surface area contributed by atoms with Gasteiger partial charge in [0.05, 0.1) is 53.2 Å². The Morgan fingerprint density at radius 2 is 1.07 bits per heavy atom. The zero-order chi connectivity index (χ0) is 51.6. The van der Waals surface area contributed by atoms with Gasteiger partial charge in [0.2, 0.25) is 0 Å². The maximum atomic E-state index is 14.9. The Balaban J connectivity index is 1.13. The van der Waals surface area contributed by atoms with Gasteiger partial charge in [0.15, 0.2) is 5.76 Å². The molecule has 0 saturated carbocycles. The van der Waals surface area contributed by atoms with Gasteiger partial charge in [-0.05, 0) is 125 Å². The molecule has 8 rings (SSSR count). The van der Waals surface area contributed by atoms with E-state index >= 15 is 0 Å². The number of aromatic nitrogens is 4. The van der Waals surface area contributed by atoms with Crippen molar-refractivity contribution in [2.45, 2.75) is 78.0 Å². The summed E-state index contributed by atoms with van der Waals surface area (Å²) in [6, 6.07) is 41.0. The van der Waals surface area contributed by atoms with Gasteiger partial charge in [-0.2, -0.15) is 0 Å². The number of para-hydroxylation sites is 2. The lowest BCUT2D eigenvalue weighted by atomic mass is 10.0. The summed E-state index contributed by atoms with van der Waals surface area (Å²) in [5.41, 5.74) is 5.83. The standard InChI is InChI=1S/C60H68N8O5/c1-8-11-20-42-29-31-45(32-30-42)57(69)65(35-33-63(4)5)52(9-2)55-61-51-28-18-16-26-49(51)59(71)68(55)40-44-23-19-24-46(37-44)47-38-54(73-41-47)60(72)66(36-34-64(6)7)53(10-3)56-62-50-27-17-15-25-48(50)58(70)67(56)39-43-21-13-12-14-22-43/h12-19,21-32,37-38,41,52-53H,8-11,20,33-36,39-40H2,1-7H3. The number of hydrogen-bond acceptors (Lipinski definition) is 9. The lowest BCUT2D eigenvalue weighted by Crippen LogP contribution is -2.42. The highest BCUT2D eigenvalue weighted by atomic mass is 16.3. The van der Waals surface area contributed by atoms with E-state index in [0.29, 0.717) is 90.1 Å². The van der Waals surface area contributed by atoms with E-state index < -0.39 is 12.1 Å². The molecule has 5 aromatic carbocycles. The van der Waals surface area contributed by atoms with Crippen LogP contribution in [0.4, 0.5) is 0 Å². The first kappa shape index (κ1) is 51.9. The van der Waals surface area contributed by atoms with Crippen molar-refractivity contribution in [3.05, 3.63) is 200 Å². The minimum absolute atomic E-state index is 0.113. The molecule has 3 heterocycles. The number of amides is 2. The SMILES string of the molecule is CCCCc1ccc(C(=O)N(CCN(C)C)C(CC)c2nc3ccccc3c(=O)n2Cc2cccc(-c3coc(C(=O)N(CCN(C)C)C(CC)c4nc5ccccc5c(=O)n4Cc4ccccc4)c3)c2)cc1. The summed E-state index contributed by atoms with van der Waals surface area (Å²) in [6.45, 7) is 8.65. The molecule has 2 atom stereocenters. The van der Waals surface area contributed by atoms with Crippen molar-refractivity contribution in [1.82, 2.24) is 38.7 Å². The summed E-state index contributed by atoms with van der Waals surface area (Å²) in [5.74, 6) is 0.730. The van der Waals surface area contributed by atoms with Gasteiger partial charge in [0, 0.05) is 37.3 Å². The first-order valence-corrected chi connectivity index (χ1v) is 25.6. The molecule has 0 aliphatic heterocycles. The molecule has 0 radical (unpaired) electrons. The number of unbranched alkanes of at least 4 members (excludes halogenated alkanes) is 1. The zero-order valence-corrected chi connectivity index (χ0v) is 43.3. The normalized spacial score (nSPS) is 12.5. The number of rotatable bonds is 22. The van der Waals surface area contributed by atoms with Crippen molar-refractivity contribution in [2.24, 2.45) is 0 Å². The van der Waals surface area contributed by atoms with Crippen molar-refractivity contribution >= 4 is 33.6 Å². The number of aryl methyl sites for hydroxylation is 1. The van der Waals surface area contributed by atoms with Gasteiger partial charge >= 0.3 is 0 Å². The van der Waals surface area contributed by atoms with Gasteiger partial charge < -0.3 is 24.0 Å². The molecular formula is C60H68N8O5. The average Bonchev–Trinajstić information content (AvgIpc) is 3.91. The van der Waals surface area contributed by atoms with Crippen LogP contribution < -0.4 is 11.1 Å². The maximum Gasteiger partial charge on any atom is 0.290 e. The van der Waals surface area contributed by atoms with Gasteiger partial charge in [-0.1, -0.05) is 112 Å². The fraction of sp³-hybridized carbons (Fsp3) is 0.333. The molecule has 73 heavy (non-hydrogen) atoms. The summed E-state index contributed by atoms with van der Waals surface area (Å²) >= 11 is 0. The minimum atomic E-state index is -0.564. The van der Waals surface area contributed by atoms with Crippen molar-refractivity contribution in [2.75, 3.05) is 54.4 Å². The predicted molar refractivity (Wildman–Crippen MR) is 291 cm³/mol. The van der Waals surface area contributed by atoms with Crippen LogP contribution in [0.5, 0.6) is 0 Å². The van der Waals surface area contributed by atoms with Crippen molar-refractivity contribution in [3.63, 3.8) is 0 Å². The van der Waals surface area contributed by atoms with E-state index in [1.165, 1.54) is 5.56 Å². The number of benzene rings is 5. The van der Waals surface area contributed by atoms with E-state index in [0.717, 1.165) is 36.0 Å². The van der Waals surface area contributed by atoms with E-state index in [9.17, 15) is 19.2 Å². The summed E-state index contributed by atoms with van der Waals surface area (Å²) in [6.07, 6.45) is 5.74. The third kappa shape index (κ3) is 11.9. The summed E-state index contributed by atoms with van der Waals surface area (Å²) in [5, 5.41) is 1.00. The number of likely N-dealkylation sites (N-methyl/N-ethyl adjacent to an activating group) is 2. The first-order valence-electron chi connectivity index (χ1n) is 25.6. The number of nitrogens with zero attached hydrogens (tertiary/aromatic N) is 8. The van der Waals surface area contributed by atoms with Crippen LogP contribution in [0.1, 0.15) is 108 Å². The Labute approximate surface area is 428 Å². The number of hydrogen-bond donors (Lipinski definition) is 0. The molecule has 8 aromatic rings. The van der Waals surface area contributed by atoms with E-state index in [2.05, 4.69) is 11.8 Å². The lowest BCUT2D eigenvalue weighted by molar-refractivity contribution is 0.0608. The summed E-state index contributed by atoms with van der Waals surface area (Å²) in [7, 11) is 7.90. The molecule has 0 fully saturated rings. The van der Waals surface area contributed by atoms with Crippen LogP contribution in [0.25, 0.3) is 32.9 Å². The van der Waals surface area contributed by atoms with Crippen molar-refractivity contribution < 1.29 is 14.0 Å². The Bertz CT molecular complexity index is 3290. The second kappa shape index (κ2) is 23.8. The van der Waals surface area contributed by atoms with E-state index in [-0.39, 0.29) is 35.2 Å². The molecule has 0 aliphatic carbocycles. The first-order chi connectivity index (χ1) is 35.4. The molecule has 0 bridgehead atoms.